The van der Waals surface area contributed by atoms with Crippen molar-refractivity contribution in [2.75, 3.05) is 11.9 Å². The largest absolute Gasteiger partial charge is 0.404 e. The van der Waals surface area contributed by atoms with Crippen molar-refractivity contribution in [2.45, 2.75) is 0 Å². The predicted molar refractivity (Wildman–Crippen MR) is 47.1 cm³/mol. The van der Waals surface area contributed by atoms with E-state index >= 15 is 0 Å². The molecule has 3 N–H and O–H groups in total. The van der Waals surface area contributed by atoms with E-state index in [2.05, 4.69) is 17.4 Å². The highest BCUT2D eigenvalue weighted by molar-refractivity contribution is 5.83. The predicted octanol–water partition coefficient (Wildman–Crippen LogP) is 1.41. The van der Waals surface area contributed by atoms with Crippen molar-refractivity contribution < 1.29 is 0 Å². The zero-order valence-electron chi connectivity index (χ0n) is 6.17. The number of para-hydroxylation sites is 1. The summed E-state index contributed by atoms with van der Waals surface area (Å²) in [6.07, 6.45) is 1.67. The average Bonchev–Trinajstić information content (AvgIpc) is 2.47. The minimum absolute atomic E-state index is 0.857. The maximum Gasteiger partial charge on any atom is 0.0421 e. The lowest BCUT2D eigenvalue weighted by atomic mass is 10.1. The Kier molecular flexibility index (Phi) is 1.32. The third kappa shape index (κ3) is 0.871. The summed E-state index contributed by atoms with van der Waals surface area (Å²) in [5, 5.41) is 3.25. The lowest BCUT2D eigenvalue weighted by Crippen LogP contribution is -1.93. The van der Waals surface area contributed by atoms with Crippen LogP contribution in [0.1, 0.15) is 5.56 Å². The molecule has 11 heavy (non-hydrogen) atoms. The highest BCUT2D eigenvalue weighted by Crippen LogP contribution is 2.28. The van der Waals surface area contributed by atoms with Gasteiger partial charge in [-0.05, 0) is 17.8 Å². The summed E-state index contributed by atoms with van der Waals surface area (Å²) >= 11 is 0. The summed E-state index contributed by atoms with van der Waals surface area (Å²) in [4.78, 5) is 0. The molecular formula is C9H10N2. The SMILES string of the molecule is N/C=C1\CNc2ccccc21. The standard InChI is InChI=1S/C9H10N2/c10-5-7-6-11-9-4-2-1-3-8(7)9/h1-5,11H,6,10H2/b7-5+. The lowest BCUT2D eigenvalue weighted by Gasteiger charge is -1.95. The first-order chi connectivity index (χ1) is 5.42. The number of nitrogens with two attached hydrogens (primary N) is 1. The molecule has 0 radical (unpaired) electrons. The molecule has 1 heterocycles. The van der Waals surface area contributed by atoms with E-state index in [0.29, 0.717) is 0 Å². The van der Waals surface area contributed by atoms with Gasteiger partial charge in [-0.15, -0.1) is 0 Å². The van der Waals surface area contributed by atoms with Crippen LogP contribution in [0.4, 0.5) is 5.69 Å². The van der Waals surface area contributed by atoms with Crippen LogP contribution in [0.5, 0.6) is 0 Å². The molecule has 0 aliphatic carbocycles. The van der Waals surface area contributed by atoms with Crippen molar-refractivity contribution in [3.05, 3.63) is 36.0 Å². The normalized spacial score (nSPS) is 18.0. The summed E-state index contributed by atoms with van der Waals surface area (Å²) in [5.74, 6) is 0. The molecule has 2 nitrogen and oxygen atoms in total. The van der Waals surface area contributed by atoms with Gasteiger partial charge in [-0.25, -0.2) is 0 Å². The molecule has 2 heteroatoms. The third-order valence-corrected chi connectivity index (χ3v) is 1.94. The molecular weight excluding hydrogens is 136 g/mol. The number of anilines is 1. The van der Waals surface area contributed by atoms with Crippen molar-refractivity contribution in [2.24, 2.45) is 5.73 Å². The summed E-state index contributed by atoms with van der Waals surface area (Å²) in [6, 6.07) is 8.18. The molecule has 0 spiro atoms. The molecule has 0 atom stereocenters. The van der Waals surface area contributed by atoms with Gasteiger partial charge in [0.1, 0.15) is 0 Å². The fourth-order valence-corrected chi connectivity index (χ4v) is 1.35. The van der Waals surface area contributed by atoms with Crippen LogP contribution in [0.2, 0.25) is 0 Å². The van der Waals surface area contributed by atoms with Gasteiger partial charge in [-0.3, -0.25) is 0 Å². The Balaban J connectivity index is 2.55. The highest BCUT2D eigenvalue weighted by Gasteiger charge is 2.12. The van der Waals surface area contributed by atoms with Gasteiger partial charge >= 0.3 is 0 Å². The van der Waals surface area contributed by atoms with Gasteiger partial charge in [0.15, 0.2) is 0 Å². The van der Waals surface area contributed by atoms with Crippen molar-refractivity contribution in [3.8, 4) is 0 Å². The molecule has 0 aromatic heterocycles. The first kappa shape index (κ1) is 6.28. The van der Waals surface area contributed by atoms with Gasteiger partial charge in [-0.1, -0.05) is 18.2 Å². The summed E-state index contributed by atoms with van der Waals surface area (Å²) in [6.45, 7) is 0.857. The summed E-state index contributed by atoms with van der Waals surface area (Å²) in [7, 11) is 0. The molecule has 2 rings (SSSR count). The third-order valence-electron chi connectivity index (χ3n) is 1.94. The van der Waals surface area contributed by atoms with Crippen LogP contribution in [0.25, 0.3) is 5.57 Å². The van der Waals surface area contributed by atoms with Crippen LogP contribution < -0.4 is 11.1 Å². The molecule has 0 fully saturated rings. The van der Waals surface area contributed by atoms with Crippen LogP contribution >= 0.6 is 0 Å². The number of nitrogens with one attached hydrogen (secondary N) is 1. The van der Waals surface area contributed by atoms with Crippen molar-refractivity contribution in [1.82, 2.24) is 0 Å². The Labute approximate surface area is 65.7 Å². The van der Waals surface area contributed by atoms with Crippen LogP contribution in [0, 0.1) is 0 Å². The number of benzene rings is 1. The van der Waals surface area contributed by atoms with E-state index in [1.165, 1.54) is 16.8 Å². The topological polar surface area (TPSA) is 38.0 Å². The highest BCUT2D eigenvalue weighted by atomic mass is 14.9. The zero-order chi connectivity index (χ0) is 7.68. The molecule has 0 bridgehead atoms. The van der Waals surface area contributed by atoms with E-state index in [1.807, 2.05) is 12.1 Å². The second kappa shape index (κ2) is 2.31. The first-order valence-corrected chi connectivity index (χ1v) is 3.66. The second-order valence-electron chi connectivity index (χ2n) is 2.59. The Morgan fingerprint density at radius 3 is 3.00 bits per heavy atom. The Hall–Kier alpha value is -1.44. The van der Waals surface area contributed by atoms with E-state index in [9.17, 15) is 0 Å². The van der Waals surface area contributed by atoms with Crippen molar-refractivity contribution >= 4 is 11.3 Å². The van der Waals surface area contributed by atoms with Gasteiger partial charge in [0.05, 0.1) is 0 Å². The minimum Gasteiger partial charge on any atom is -0.404 e. The average molecular weight is 146 g/mol. The molecule has 0 amide bonds. The van der Waals surface area contributed by atoms with Gasteiger partial charge in [0, 0.05) is 17.8 Å². The van der Waals surface area contributed by atoms with E-state index in [0.717, 1.165) is 6.54 Å². The van der Waals surface area contributed by atoms with Crippen LogP contribution in [0.15, 0.2) is 30.5 Å². The molecule has 0 saturated heterocycles. The molecule has 0 saturated carbocycles. The van der Waals surface area contributed by atoms with E-state index in [1.54, 1.807) is 6.20 Å². The van der Waals surface area contributed by atoms with Gasteiger partial charge in [0.2, 0.25) is 0 Å². The smallest absolute Gasteiger partial charge is 0.0421 e. The summed E-state index contributed by atoms with van der Waals surface area (Å²) in [5.41, 5.74) is 9.04. The number of rotatable bonds is 0. The van der Waals surface area contributed by atoms with Crippen LogP contribution in [0.3, 0.4) is 0 Å². The molecule has 56 valence electrons. The molecule has 1 aliphatic rings. The van der Waals surface area contributed by atoms with Crippen molar-refractivity contribution in [3.63, 3.8) is 0 Å². The lowest BCUT2D eigenvalue weighted by molar-refractivity contribution is 1.42. The monoisotopic (exact) mass is 146 g/mol. The fraction of sp³-hybridized carbons (Fsp3) is 0.111. The Morgan fingerprint density at radius 2 is 2.18 bits per heavy atom. The maximum absolute atomic E-state index is 5.45. The van der Waals surface area contributed by atoms with E-state index in [-0.39, 0.29) is 0 Å². The quantitative estimate of drug-likeness (QED) is 0.580. The number of hydrogen-bond acceptors (Lipinski definition) is 2. The first-order valence-electron chi connectivity index (χ1n) is 3.66. The molecule has 1 aromatic carbocycles. The molecule has 1 aromatic rings. The van der Waals surface area contributed by atoms with Gasteiger partial charge in [-0.2, -0.15) is 0 Å². The Bertz CT molecular complexity index is 302. The van der Waals surface area contributed by atoms with Gasteiger partial charge < -0.3 is 11.1 Å². The minimum atomic E-state index is 0.857. The number of hydrogen-bond donors (Lipinski definition) is 2. The van der Waals surface area contributed by atoms with E-state index < -0.39 is 0 Å². The fourth-order valence-electron chi connectivity index (χ4n) is 1.35. The Morgan fingerprint density at radius 1 is 1.36 bits per heavy atom. The molecule has 0 unspecified atom stereocenters. The van der Waals surface area contributed by atoms with Crippen LogP contribution in [-0.4, -0.2) is 6.54 Å². The second-order valence-corrected chi connectivity index (χ2v) is 2.59. The zero-order valence-corrected chi connectivity index (χ0v) is 6.17. The molecule has 1 aliphatic heterocycles. The maximum atomic E-state index is 5.45. The van der Waals surface area contributed by atoms with Gasteiger partial charge in [0.25, 0.3) is 0 Å². The van der Waals surface area contributed by atoms with E-state index in [4.69, 9.17) is 5.73 Å². The van der Waals surface area contributed by atoms with Crippen molar-refractivity contribution in [1.29, 1.82) is 0 Å². The van der Waals surface area contributed by atoms with Crippen LogP contribution in [-0.2, 0) is 0 Å². The number of fused-ring (bicyclic) bond motifs is 1. The summed E-state index contributed by atoms with van der Waals surface area (Å²) < 4.78 is 0.